The van der Waals surface area contributed by atoms with Gasteiger partial charge in [0, 0.05) is 0 Å². The normalized spacial score (nSPS) is 11.1. The Labute approximate surface area is 107 Å². The van der Waals surface area contributed by atoms with Crippen LogP contribution in [0.4, 0.5) is 4.39 Å². The Hall–Kier alpha value is -2.01. The molecule has 0 spiro atoms. The van der Waals surface area contributed by atoms with Crippen LogP contribution in [0, 0.1) is 12.7 Å². The Balaban J connectivity index is 2.32. The maximum atomic E-state index is 13.9. The summed E-state index contributed by atoms with van der Waals surface area (Å²) in [4.78, 5) is 3.91. The number of fused-ring (bicyclic) bond motifs is 1. The first-order valence-corrected chi connectivity index (χ1v) is 5.66. The van der Waals surface area contributed by atoms with Crippen LogP contribution in [0.25, 0.3) is 17.0 Å². The predicted octanol–water partition coefficient (Wildman–Crippen LogP) is 2.89. The predicted molar refractivity (Wildman–Crippen MR) is 65.9 cm³/mol. The molecule has 0 saturated heterocycles. The van der Waals surface area contributed by atoms with Crippen molar-refractivity contribution >= 4 is 17.2 Å². The van der Waals surface area contributed by atoms with Crippen molar-refractivity contribution in [2.24, 2.45) is 0 Å². The van der Waals surface area contributed by atoms with E-state index < -0.39 is 0 Å². The summed E-state index contributed by atoms with van der Waals surface area (Å²) in [5.41, 5.74) is 1.69. The number of aryl methyl sites for hydroxylation is 1. The van der Waals surface area contributed by atoms with Crippen LogP contribution in [-0.4, -0.2) is 19.6 Å². The van der Waals surface area contributed by atoms with E-state index in [1.165, 1.54) is 18.5 Å². The molecule has 0 saturated carbocycles. The molecule has 3 rings (SSSR count). The van der Waals surface area contributed by atoms with E-state index in [-0.39, 0.29) is 5.82 Å². The molecular weight excluding hydrogens is 255 g/mol. The SMILES string of the molecule is Cc1ccc(-c2nnc3cncc(Cl)n23)c(F)c1. The maximum Gasteiger partial charge on any atom is 0.180 e. The molecule has 0 aliphatic carbocycles. The highest BCUT2D eigenvalue weighted by Crippen LogP contribution is 2.24. The Bertz CT molecular complexity index is 738. The van der Waals surface area contributed by atoms with Gasteiger partial charge in [-0.25, -0.2) is 4.39 Å². The van der Waals surface area contributed by atoms with Gasteiger partial charge in [-0.1, -0.05) is 17.7 Å². The van der Waals surface area contributed by atoms with Crippen LogP contribution in [0.15, 0.2) is 30.6 Å². The lowest BCUT2D eigenvalue weighted by atomic mass is 10.1. The molecule has 1 aromatic carbocycles. The van der Waals surface area contributed by atoms with Crippen LogP contribution in [0.5, 0.6) is 0 Å². The van der Waals surface area contributed by atoms with Crippen molar-refractivity contribution in [1.82, 2.24) is 19.6 Å². The summed E-state index contributed by atoms with van der Waals surface area (Å²) < 4.78 is 15.5. The van der Waals surface area contributed by atoms with E-state index in [0.717, 1.165) is 5.56 Å². The molecule has 0 aliphatic heterocycles. The average molecular weight is 263 g/mol. The smallest absolute Gasteiger partial charge is 0.180 e. The fourth-order valence-corrected chi connectivity index (χ4v) is 2.01. The second-order valence-electron chi connectivity index (χ2n) is 3.93. The van der Waals surface area contributed by atoms with E-state index in [9.17, 15) is 4.39 Å². The maximum absolute atomic E-state index is 13.9. The molecule has 0 amide bonds. The number of benzene rings is 1. The van der Waals surface area contributed by atoms with Crippen LogP contribution < -0.4 is 0 Å². The van der Waals surface area contributed by atoms with Gasteiger partial charge < -0.3 is 0 Å². The number of hydrogen-bond donors (Lipinski definition) is 0. The molecule has 0 N–H and O–H groups in total. The summed E-state index contributed by atoms with van der Waals surface area (Å²) in [5, 5.41) is 8.22. The van der Waals surface area contributed by atoms with Crippen molar-refractivity contribution < 1.29 is 4.39 Å². The molecule has 2 aromatic heterocycles. The van der Waals surface area contributed by atoms with Gasteiger partial charge in [0.05, 0.1) is 18.0 Å². The third kappa shape index (κ3) is 1.64. The summed E-state index contributed by atoms with van der Waals surface area (Å²) in [6.45, 7) is 1.83. The number of halogens is 2. The summed E-state index contributed by atoms with van der Waals surface area (Å²) in [6, 6.07) is 4.93. The highest BCUT2D eigenvalue weighted by atomic mass is 35.5. The zero-order chi connectivity index (χ0) is 12.7. The summed E-state index contributed by atoms with van der Waals surface area (Å²) in [6.07, 6.45) is 2.99. The lowest BCUT2D eigenvalue weighted by molar-refractivity contribution is 0.628. The molecule has 3 aromatic rings. The summed E-state index contributed by atoms with van der Waals surface area (Å²) in [7, 11) is 0. The highest BCUT2D eigenvalue weighted by molar-refractivity contribution is 6.29. The van der Waals surface area contributed by atoms with Crippen LogP contribution in [0.3, 0.4) is 0 Å². The first-order valence-electron chi connectivity index (χ1n) is 5.28. The van der Waals surface area contributed by atoms with Crippen molar-refractivity contribution in [2.75, 3.05) is 0 Å². The largest absolute Gasteiger partial charge is 0.262 e. The average Bonchev–Trinajstić information content (AvgIpc) is 2.74. The lowest BCUT2D eigenvalue weighted by Crippen LogP contribution is -1.94. The monoisotopic (exact) mass is 262 g/mol. The van der Waals surface area contributed by atoms with Gasteiger partial charge in [0.15, 0.2) is 11.5 Å². The van der Waals surface area contributed by atoms with Crippen molar-refractivity contribution in [2.45, 2.75) is 6.92 Å². The van der Waals surface area contributed by atoms with Gasteiger partial charge in [-0.3, -0.25) is 9.38 Å². The van der Waals surface area contributed by atoms with E-state index >= 15 is 0 Å². The van der Waals surface area contributed by atoms with E-state index in [1.807, 2.05) is 13.0 Å². The molecule has 6 heteroatoms. The van der Waals surface area contributed by atoms with Crippen molar-refractivity contribution in [3.8, 4) is 11.4 Å². The van der Waals surface area contributed by atoms with Gasteiger partial charge in [0.1, 0.15) is 11.0 Å². The quantitative estimate of drug-likeness (QED) is 0.677. The van der Waals surface area contributed by atoms with Gasteiger partial charge in [0.2, 0.25) is 0 Å². The molecule has 2 heterocycles. The van der Waals surface area contributed by atoms with Gasteiger partial charge in [-0.2, -0.15) is 0 Å². The molecule has 18 heavy (non-hydrogen) atoms. The fourth-order valence-electron chi connectivity index (χ4n) is 1.79. The molecule has 0 atom stereocenters. The van der Waals surface area contributed by atoms with Gasteiger partial charge in [-0.15, -0.1) is 10.2 Å². The standard InChI is InChI=1S/C12H8ClFN4/c1-7-2-3-8(9(14)4-7)12-17-16-11-6-15-5-10(13)18(11)12/h2-6H,1H3. The molecule has 4 nitrogen and oxygen atoms in total. The van der Waals surface area contributed by atoms with Gasteiger partial charge in [0.25, 0.3) is 0 Å². The Kier molecular flexibility index (Phi) is 2.48. The van der Waals surface area contributed by atoms with Crippen molar-refractivity contribution in [3.63, 3.8) is 0 Å². The zero-order valence-corrected chi connectivity index (χ0v) is 10.2. The van der Waals surface area contributed by atoms with E-state index in [0.29, 0.717) is 22.2 Å². The number of hydrogen-bond acceptors (Lipinski definition) is 3. The van der Waals surface area contributed by atoms with Crippen LogP contribution in [-0.2, 0) is 0 Å². The highest BCUT2D eigenvalue weighted by Gasteiger charge is 2.14. The first-order chi connectivity index (χ1) is 8.66. The molecule has 0 bridgehead atoms. The van der Waals surface area contributed by atoms with Gasteiger partial charge in [-0.05, 0) is 24.6 Å². The molecular formula is C12H8ClFN4. The summed E-state index contributed by atoms with van der Waals surface area (Å²) in [5.74, 6) is 0.0204. The fraction of sp³-hybridized carbons (Fsp3) is 0.0833. The van der Waals surface area contributed by atoms with E-state index in [1.54, 1.807) is 10.5 Å². The number of nitrogens with zero attached hydrogens (tertiary/aromatic N) is 4. The van der Waals surface area contributed by atoms with E-state index in [2.05, 4.69) is 15.2 Å². The van der Waals surface area contributed by atoms with Crippen molar-refractivity contribution in [3.05, 3.63) is 47.1 Å². The van der Waals surface area contributed by atoms with Crippen LogP contribution in [0.2, 0.25) is 5.15 Å². The van der Waals surface area contributed by atoms with Gasteiger partial charge >= 0.3 is 0 Å². The Morgan fingerprint density at radius 3 is 2.83 bits per heavy atom. The summed E-state index contributed by atoms with van der Waals surface area (Å²) >= 11 is 6.04. The third-order valence-electron chi connectivity index (χ3n) is 2.64. The minimum Gasteiger partial charge on any atom is -0.262 e. The zero-order valence-electron chi connectivity index (χ0n) is 9.43. The molecule has 0 aliphatic rings. The van der Waals surface area contributed by atoms with Crippen molar-refractivity contribution in [1.29, 1.82) is 0 Å². The van der Waals surface area contributed by atoms with Crippen LogP contribution in [0.1, 0.15) is 5.56 Å². The van der Waals surface area contributed by atoms with Crippen LogP contribution >= 0.6 is 11.6 Å². The van der Waals surface area contributed by atoms with E-state index in [4.69, 9.17) is 11.6 Å². The Morgan fingerprint density at radius 1 is 1.22 bits per heavy atom. The molecule has 0 radical (unpaired) electrons. The minimum absolute atomic E-state index is 0.340. The second kappa shape index (κ2) is 4.03. The molecule has 90 valence electrons. The minimum atomic E-state index is -0.350. The third-order valence-corrected chi connectivity index (χ3v) is 2.90. The topological polar surface area (TPSA) is 43.1 Å². The number of aromatic nitrogens is 4. The first kappa shape index (κ1) is 11.1. The Morgan fingerprint density at radius 2 is 2.06 bits per heavy atom. The number of rotatable bonds is 1. The lowest BCUT2D eigenvalue weighted by Gasteiger charge is -2.03. The second-order valence-corrected chi connectivity index (χ2v) is 4.32. The molecule has 0 unspecified atom stereocenters. The molecule has 0 fully saturated rings.